The maximum atomic E-state index is 12.2. The van der Waals surface area contributed by atoms with Gasteiger partial charge in [0.15, 0.2) is 5.15 Å². The van der Waals surface area contributed by atoms with Crippen LogP contribution in [0, 0.1) is 0 Å². The molecule has 1 aromatic carbocycles. The molecule has 1 heterocycles. The normalized spacial score (nSPS) is 10.3. The molecule has 5 heteroatoms. The molecule has 0 unspecified atom stereocenters. The van der Waals surface area contributed by atoms with E-state index in [1.807, 2.05) is 30.3 Å². The summed E-state index contributed by atoms with van der Waals surface area (Å²) < 4.78 is 1.30. The third-order valence-corrected chi connectivity index (χ3v) is 2.53. The van der Waals surface area contributed by atoms with Gasteiger partial charge in [-0.05, 0) is 12.1 Å². The number of para-hydroxylation sites is 1. The van der Waals surface area contributed by atoms with Crippen molar-refractivity contribution in [2.24, 2.45) is 0 Å². The molecule has 88 valence electrons. The van der Waals surface area contributed by atoms with Crippen LogP contribution in [0.1, 0.15) is 0 Å². The van der Waals surface area contributed by atoms with Crippen molar-refractivity contribution in [3.8, 4) is 5.69 Å². The SMILES string of the molecule is CN(C)c1cc(Cl)nn(-c2ccccc2)c1=O. The van der Waals surface area contributed by atoms with E-state index in [-0.39, 0.29) is 10.7 Å². The molecule has 4 nitrogen and oxygen atoms in total. The van der Waals surface area contributed by atoms with E-state index in [4.69, 9.17) is 11.6 Å². The lowest BCUT2D eigenvalue weighted by molar-refractivity contribution is 0.801. The fraction of sp³-hybridized carbons (Fsp3) is 0.167. The van der Waals surface area contributed by atoms with Gasteiger partial charge < -0.3 is 4.90 Å². The number of halogens is 1. The first kappa shape index (κ1) is 11.7. The van der Waals surface area contributed by atoms with E-state index >= 15 is 0 Å². The van der Waals surface area contributed by atoms with E-state index < -0.39 is 0 Å². The highest BCUT2D eigenvalue weighted by Crippen LogP contribution is 2.12. The second kappa shape index (κ2) is 4.59. The Labute approximate surface area is 104 Å². The molecule has 0 atom stereocenters. The predicted octanol–water partition coefficient (Wildman–Crippen LogP) is 1.95. The second-order valence-corrected chi connectivity index (χ2v) is 4.19. The van der Waals surface area contributed by atoms with Crippen LogP contribution in [0.4, 0.5) is 5.69 Å². The summed E-state index contributed by atoms with van der Waals surface area (Å²) in [5, 5.41) is 4.32. The van der Waals surface area contributed by atoms with Gasteiger partial charge in [0, 0.05) is 20.2 Å². The van der Waals surface area contributed by atoms with Crippen molar-refractivity contribution in [3.63, 3.8) is 0 Å². The summed E-state index contributed by atoms with van der Waals surface area (Å²) in [4.78, 5) is 13.9. The van der Waals surface area contributed by atoms with Gasteiger partial charge in [0.25, 0.3) is 5.56 Å². The van der Waals surface area contributed by atoms with Crippen LogP contribution < -0.4 is 10.5 Å². The van der Waals surface area contributed by atoms with Crippen molar-refractivity contribution < 1.29 is 0 Å². The smallest absolute Gasteiger partial charge is 0.295 e. The molecule has 2 rings (SSSR count). The Morgan fingerprint density at radius 1 is 1.24 bits per heavy atom. The lowest BCUT2D eigenvalue weighted by atomic mass is 10.3. The van der Waals surface area contributed by atoms with Gasteiger partial charge in [-0.1, -0.05) is 29.8 Å². The molecule has 0 saturated heterocycles. The van der Waals surface area contributed by atoms with Gasteiger partial charge in [0.2, 0.25) is 0 Å². The Bertz CT molecular complexity index is 578. The van der Waals surface area contributed by atoms with Gasteiger partial charge >= 0.3 is 0 Å². The van der Waals surface area contributed by atoms with Crippen molar-refractivity contribution in [1.82, 2.24) is 9.78 Å². The van der Waals surface area contributed by atoms with Crippen LogP contribution in [-0.4, -0.2) is 23.9 Å². The number of hydrogen-bond acceptors (Lipinski definition) is 3. The van der Waals surface area contributed by atoms with Crippen LogP contribution in [0.5, 0.6) is 0 Å². The molecule has 0 fully saturated rings. The van der Waals surface area contributed by atoms with Crippen molar-refractivity contribution >= 4 is 17.3 Å². The molecular formula is C12H12ClN3O. The molecule has 2 aromatic rings. The Hall–Kier alpha value is -1.81. The van der Waals surface area contributed by atoms with Crippen LogP contribution >= 0.6 is 11.6 Å². The Morgan fingerprint density at radius 2 is 1.88 bits per heavy atom. The minimum absolute atomic E-state index is 0.189. The summed E-state index contributed by atoms with van der Waals surface area (Å²) in [6.45, 7) is 0. The molecule has 0 N–H and O–H groups in total. The van der Waals surface area contributed by atoms with Crippen LogP contribution in [0.25, 0.3) is 5.69 Å². The molecule has 17 heavy (non-hydrogen) atoms. The summed E-state index contributed by atoms with van der Waals surface area (Å²) in [6, 6.07) is 10.8. The summed E-state index contributed by atoms with van der Waals surface area (Å²) in [6.07, 6.45) is 0. The van der Waals surface area contributed by atoms with E-state index in [0.717, 1.165) is 0 Å². The zero-order valence-electron chi connectivity index (χ0n) is 9.59. The summed E-state index contributed by atoms with van der Waals surface area (Å²) in [7, 11) is 3.59. The Balaban J connectivity index is 2.67. The van der Waals surface area contributed by atoms with Crippen molar-refractivity contribution in [2.45, 2.75) is 0 Å². The predicted molar refractivity (Wildman–Crippen MR) is 69.2 cm³/mol. The lowest BCUT2D eigenvalue weighted by Crippen LogP contribution is -2.27. The van der Waals surface area contributed by atoms with Crippen LogP contribution in [-0.2, 0) is 0 Å². The highest BCUT2D eigenvalue weighted by molar-refractivity contribution is 6.29. The van der Waals surface area contributed by atoms with Crippen molar-refractivity contribution in [3.05, 3.63) is 51.9 Å². The number of hydrogen-bond donors (Lipinski definition) is 0. The van der Waals surface area contributed by atoms with Gasteiger partial charge in [-0.3, -0.25) is 4.79 Å². The van der Waals surface area contributed by atoms with Gasteiger partial charge in [-0.15, -0.1) is 0 Å². The molecule has 0 bridgehead atoms. The molecule has 0 aliphatic carbocycles. The van der Waals surface area contributed by atoms with E-state index in [1.54, 1.807) is 25.1 Å². The lowest BCUT2D eigenvalue weighted by Gasteiger charge is -2.13. The first-order chi connectivity index (χ1) is 8.09. The molecular weight excluding hydrogens is 238 g/mol. The van der Waals surface area contributed by atoms with Crippen LogP contribution in [0.15, 0.2) is 41.2 Å². The minimum atomic E-state index is -0.189. The number of rotatable bonds is 2. The van der Waals surface area contributed by atoms with Crippen molar-refractivity contribution in [1.29, 1.82) is 0 Å². The molecule has 0 aliphatic heterocycles. The summed E-state index contributed by atoms with van der Waals surface area (Å²) in [5.74, 6) is 0. The van der Waals surface area contributed by atoms with Gasteiger partial charge in [-0.25, -0.2) is 0 Å². The van der Waals surface area contributed by atoms with Crippen LogP contribution in [0.2, 0.25) is 5.15 Å². The Morgan fingerprint density at radius 3 is 2.47 bits per heavy atom. The van der Waals surface area contributed by atoms with Crippen LogP contribution in [0.3, 0.4) is 0 Å². The van der Waals surface area contributed by atoms with E-state index in [2.05, 4.69) is 5.10 Å². The molecule has 0 saturated carbocycles. The molecule has 1 aromatic heterocycles. The number of benzene rings is 1. The highest BCUT2D eigenvalue weighted by atomic mass is 35.5. The molecule has 0 aliphatic rings. The standard InChI is InChI=1S/C12H12ClN3O/c1-15(2)10-8-11(13)14-16(12(10)17)9-6-4-3-5-7-9/h3-8H,1-2H3. The summed E-state index contributed by atoms with van der Waals surface area (Å²) >= 11 is 5.92. The monoisotopic (exact) mass is 249 g/mol. The molecule has 0 radical (unpaired) electrons. The first-order valence-electron chi connectivity index (χ1n) is 5.12. The first-order valence-corrected chi connectivity index (χ1v) is 5.50. The number of anilines is 1. The fourth-order valence-electron chi connectivity index (χ4n) is 1.52. The fourth-order valence-corrected chi connectivity index (χ4v) is 1.70. The van der Waals surface area contributed by atoms with Crippen molar-refractivity contribution in [2.75, 3.05) is 19.0 Å². The van der Waals surface area contributed by atoms with Gasteiger partial charge in [0.1, 0.15) is 5.69 Å². The van der Waals surface area contributed by atoms with Gasteiger partial charge in [-0.2, -0.15) is 9.78 Å². The van der Waals surface area contributed by atoms with Gasteiger partial charge in [0.05, 0.1) is 5.69 Å². The maximum Gasteiger partial charge on any atom is 0.295 e. The topological polar surface area (TPSA) is 38.1 Å². The Kier molecular flexibility index (Phi) is 3.15. The maximum absolute atomic E-state index is 12.2. The number of aromatic nitrogens is 2. The number of nitrogens with zero attached hydrogens (tertiary/aromatic N) is 3. The quantitative estimate of drug-likeness (QED) is 0.817. The van der Waals surface area contributed by atoms with E-state index in [9.17, 15) is 4.79 Å². The average molecular weight is 250 g/mol. The third kappa shape index (κ3) is 2.31. The zero-order chi connectivity index (χ0) is 12.4. The minimum Gasteiger partial charge on any atom is -0.373 e. The molecule has 0 amide bonds. The molecule has 0 spiro atoms. The zero-order valence-corrected chi connectivity index (χ0v) is 10.3. The highest BCUT2D eigenvalue weighted by Gasteiger charge is 2.10. The third-order valence-electron chi connectivity index (χ3n) is 2.35. The van der Waals surface area contributed by atoms with E-state index in [1.165, 1.54) is 4.68 Å². The summed E-state index contributed by atoms with van der Waals surface area (Å²) in [5.41, 5.74) is 1.02. The average Bonchev–Trinajstić information content (AvgIpc) is 2.32. The van der Waals surface area contributed by atoms with E-state index in [0.29, 0.717) is 11.4 Å². The second-order valence-electron chi connectivity index (χ2n) is 3.80. The largest absolute Gasteiger partial charge is 0.373 e.